The monoisotopic (exact) mass is 298 g/mol. The molecule has 3 unspecified atom stereocenters. The predicted molar refractivity (Wildman–Crippen MR) is 82.4 cm³/mol. The Morgan fingerprint density at radius 3 is 2.57 bits per heavy atom. The Morgan fingerprint density at radius 2 is 1.95 bits per heavy atom. The van der Waals surface area contributed by atoms with Gasteiger partial charge in [0.25, 0.3) is 0 Å². The zero-order chi connectivity index (χ0) is 15.5. The van der Waals surface area contributed by atoms with Crippen LogP contribution >= 0.6 is 0 Å². The normalized spacial score (nSPS) is 30.5. The van der Waals surface area contributed by atoms with Gasteiger partial charge >= 0.3 is 6.09 Å². The van der Waals surface area contributed by atoms with Crippen LogP contribution in [-0.4, -0.2) is 55.0 Å². The summed E-state index contributed by atoms with van der Waals surface area (Å²) in [5, 5.41) is 3.70. The van der Waals surface area contributed by atoms with Gasteiger partial charge in [0.05, 0.1) is 6.10 Å². The van der Waals surface area contributed by atoms with E-state index in [1.807, 2.05) is 25.7 Å². The molecular formula is C16H30N2O3. The van der Waals surface area contributed by atoms with Crippen molar-refractivity contribution in [1.29, 1.82) is 0 Å². The van der Waals surface area contributed by atoms with Gasteiger partial charge in [0.1, 0.15) is 5.60 Å². The molecule has 1 amide bonds. The smallest absolute Gasteiger partial charge is 0.410 e. The van der Waals surface area contributed by atoms with Gasteiger partial charge in [0, 0.05) is 32.3 Å². The Balaban J connectivity index is 1.79. The third kappa shape index (κ3) is 5.15. The van der Waals surface area contributed by atoms with E-state index in [-0.39, 0.29) is 6.09 Å². The summed E-state index contributed by atoms with van der Waals surface area (Å²) in [6.45, 7) is 7.29. The zero-order valence-electron chi connectivity index (χ0n) is 13.9. The molecule has 1 aliphatic carbocycles. The van der Waals surface area contributed by atoms with Crippen LogP contribution in [0.4, 0.5) is 4.79 Å². The lowest BCUT2D eigenvalue weighted by Gasteiger charge is -2.35. The molecule has 0 aromatic heterocycles. The largest absolute Gasteiger partial charge is 0.444 e. The van der Waals surface area contributed by atoms with Crippen LogP contribution in [0.2, 0.25) is 0 Å². The number of nitrogens with one attached hydrogen (secondary N) is 1. The summed E-state index contributed by atoms with van der Waals surface area (Å²) in [6, 6.07) is 0.908. The standard InChI is InChI=1S/C16H30N2O3/c1-16(2,3)21-15(19)18-9-5-6-13(11-18)17-12-7-8-14(10-12)20-4/h12-14,17H,5-11H2,1-4H3. The Labute approximate surface area is 128 Å². The summed E-state index contributed by atoms with van der Waals surface area (Å²) in [4.78, 5) is 14.0. The first kappa shape index (κ1) is 16.6. The van der Waals surface area contributed by atoms with Crippen molar-refractivity contribution in [3.8, 4) is 0 Å². The van der Waals surface area contributed by atoms with E-state index in [0.29, 0.717) is 18.2 Å². The molecule has 21 heavy (non-hydrogen) atoms. The van der Waals surface area contributed by atoms with E-state index in [2.05, 4.69) is 5.32 Å². The number of carbonyl (C=O) groups is 1. The summed E-state index contributed by atoms with van der Waals surface area (Å²) < 4.78 is 10.9. The average molecular weight is 298 g/mol. The van der Waals surface area contributed by atoms with Gasteiger partial charge in [-0.05, 0) is 52.9 Å². The van der Waals surface area contributed by atoms with Crippen molar-refractivity contribution < 1.29 is 14.3 Å². The number of nitrogens with zero attached hydrogens (tertiary/aromatic N) is 1. The van der Waals surface area contributed by atoms with Gasteiger partial charge in [0.2, 0.25) is 0 Å². The highest BCUT2D eigenvalue weighted by atomic mass is 16.6. The van der Waals surface area contributed by atoms with E-state index in [0.717, 1.165) is 38.8 Å². The second-order valence-electron chi connectivity index (χ2n) is 7.30. The minimum Gasteiger partial charge on any atom is -0.444 e. The second kappa shape index (κ2) is 6.97. The molecule has 3 atom stereocenters. The Morgan fingerprint density at radius 1 is 1.19 bits per heavy atom. The molecule has 1 saturated heterocycles. The van der Waals surface area contributed by atoms with Crippen molar-refractivity contribution >= 4 is 6.09 Å². The van der Waals surface area contributed by atoms with Crippen molar-refractivity contribution in [2.45, 2.75) is 76.7 Å². The van der Waals surface area contributed by atoms with Crippen LogP contribution < -0.4 is 5.32 Å². The molecule has 0 aromatic rings. The highest BCUT2D eigenvalue weighted by Gasteiger charge is 2.31. The summed E-state index contributed by atoms with van der Waals surface area (Å²) >= 11 is 0. The summed E-state index contributed by atoms with van der Waals surface area (Å²) in [5.41, 5.74) is -0.422. The van der Waals surface area contributed by atoms with E-state index in [9.17, 15) is 4.79 Å². The van der Waals surface area contributed by atoms with Crippen molar-refractivity contribution in [1.82, 2.24) is 10.2 Å². The Hall–Kier alpha value is -0.810. The summed E-state index contributed by atoms with van der Waals surface area (Å²) in [6.07, 6.45) is 5.77. The van der Waals surface area contributed by atoms with Gasteiger partial charge in [-0.1, -0.05) is 0 Å². The number of hydrogen-bond acceptors (Lipinski definition) is 4. The number of amides is 1. The maximum atomic E-state index is 12.2. The number of ether oxygens (including phenoxy) is 2. The number of likely N-dealkylation sites (tertiary alicyclic amines) is 1. The van der Waals surface area contributed by atoms with E-state index >= 15 is 0 Å². The molecule has 1 heterocycles. The molecule has 1 saturated carbocycles. The van der Waals surface area contributed by atoms with Crippen LogP contribution in [0.5, 0.6) is 0 Å². The third-order valence-electron chi connectivity index (χ3n) is 4.26. The Kier molecular flexibility index (Phi) is 5.49. The molecule has 2 rings (SSSR count). The molecule has 1 aliphatic heterocycles. The van der Waals surface area contributed by atoms with Gasteiger partial charge in [0.15, 0.2) is 0 Å². The number of carbonyl (C=O) groups excluding carboxylic acids is 1. The maximum absolute atomic E-state index is 12.2. The van der Waals surface area contributed by atoms with Crippen molar-refractivity contribution in [3.63, 3.8) is 0 Å². The van der Waals surface area contributed by atoms with Gasteiger partial charge in [-0.3, -0.25) is 0 Å². The fourth-order valence-corrected chi connectivity index (χ4v) is 3.24. The lowest BCUT2D eigenvalue weighted by molar-refractivity contribution is 0.0182. The van der Waals surface area contributed by atoms with E-state index in [4.69, 9.17) is 9.47 Å². The average Bonchev–Trinajstić information content (AvgIpc) is 2.85. The van der Waals surface area contributed by atoms with Crippen molar-refractivity contribution in [2.24, 2.45) is 0 Å². The van der Waals surface area contributed by atoms with E-state index in [1.165, 1.54) is 6.42 Å². The number of methoxy groups -OCH3 is 1. The SMILES string of the molecule is COC1CCC(NC2CCCN(C(=O)OC(C)(C)C)C2)C1. The molecular weight excluding hydrogens is 268 g/mol. The van der Waals surface area contributed by atoms with Crippen molar-refractivity contribution in [2.75, 3.05) is 20.2 Å². The van der Waals surface area contributed by atoms with Crippen LogP contribution in [0.15, 0.2) is 0 Å². The zero-order valence-corrected chi connectivity index (χ0v) is 13.9. The van der Waals surface area contributed by atoms with Crippen LogP contribution in [0, 0.1) is 0 Å². The topological polar surface area (TPSA) is 50.8 Å². The van der Waals surface area contributed by atoms with Crippen LogP contribution in [0.25, 0.3) is 0 Å². The van der Waals surface area contributed by atoms with E-state index < -0.39 is 5.60 Å². The molecule has 0 radical (unpaired) electrons. The quantitative estimate of drug-likeness (QED) is 0.870. The molecule has 122 valence electrons. The molecule has 0 aromatic carbocycles. The molecule has 5 nitrogen and oxygen atoms in total. The van der Waals surface area contributed by atoms with Crippen LogP contribution in [0.3, 0.4) is 0 Å². The highest BCUT2D eigenvalue weighted by Crippen LogP contribution is 2.23. The highest BCUT2D eigenvalue weighted by molar-refractivity contribution is 5.68. The molecule has 0 spiro atoms. The molecule has 0 bridgehead atoms. The lowest BCUT2D eigenvalue weighted by atomic mass is 10.0. The molecule has 1 N–H and O–H groups in total. The Bertz CT molecular complexity index is 354. The van der Waals surface area contributed by atoms with Crippen molar-refractivity contribution in [3.05, 3.63) is 0 Å². The number of rotatable bonds is 3. The van der Waals surface area contributed by atoms with Gasteiger partial charge < -0.3 is 19.7 Å². The fourth-order valence-electron chi connectivity index (χ4n) is 3.24. The molecule has 2 fully saturated rings. The minimum atomic E-state index is -0.422. The predicted octanol–water partition coefficient (Wildman–Crippen LogP) is 2.54. The third-order valence-corrected chi connectivity index (χ3v) is 4.26. The molecule has 5 heteroatoms. The summed E-state index contributed by atoms with van der Waals surface area (Å²) in [7, 11) is 1.79. The number of piperidine rings is 1. The molecule has 2 aliphatic rings. The van der Waals surface area contributed by atoms with Crippen LogP contribution in [0.1, 0.15) is 52.9 Å². The lowest BCUT2D eigenvalue weighted by Crippen LogP contribution is -2.51. The summed E-state index contributed by atoms with van der Waals surface area (Å²) in [5.74, 6) is 0. The van der Waals surface area contributed by atoms with E-state index in [1.54, 1.807) is 7.11 Å². The maximum Gasteiger partial charge on any atom is 0.410 e. The second-order valence-corrected chi connectivity index (χ2v) is 7.30. The first-order valence-corrected chi connectivity index (χ1v) is 8.14. The van der Waals surface area contributed by atoms with Gasteiger partial charge in [-0.25, -0.2) is 4.79 Å². The van der Waals surface area contributed by atoms with Gasteiger partial charge in [-0.2, -0.15) is 0 Å². The fraction of sp³-hybridized carbons (Fsp3) is 0.938. The van der Waals surface area contributed by atoms with Gasteiger partial charge in [-0.15, -0.1) is 0 Å². The van der Waals surface area contributed by atoms with Crippen LogP contribution in [-0.2, 0) is 9.47 Å². The first-order chi connectivity index (χ1) is 9.87. The first-order valence-electron chi connectivity index (χ1n) is 8.14. The number of hydrogen-bond donors (Lipinski definition) is 1. The minimum absolute atomic E-state index is 0.185.